The van der Waals surface area contributed by atoms with E-state index in [1.165, 1.54) is 24.3 Å². The molecule has 2 bridgehead atoms. The molecule has 2 aliphatic heterocycles. The van der Waals surface area contributed by atoms with Crippen LogP contribution in [-0.2, 0) is 6.54 Å². The molecule has 1 fully saturated rings. The summed E-state index contributed by atoms with van der Waals surface area (Å²) in [6.07, 6.45) is -3.92. The van der Waals surface area contributed by atoms with E-state index in [9.17, 15) is 22.8 Å². The maximum Gasteiger partial charge on any atom is 0.573 e. The highest BCUT2D eigenvalue weighted by Gasteiger charge is 2.37. The van der Waals surface area contributed by atoms with Gasteiger partial charge in [0.25, 0.3) is 5.56 Å². The van der Waals surface area contributed by atoms with Crippen LogP contribution in [0.3, 0.4) is 0 Å². The number of ether oxygens (including phenoxy) is 1. The fourth-order valence-electron chi connectivity index (χ4n) is 5.04. The first-order valence-electron chi connectivity index (χ1n) is 11.4. The number of anilines is 1. The minimum Gasteiger partial charge on any atom is -0.406 e. The molecule has 184 valence electrons. The molecule has 0 aliphatic carbocycles. The number of carbonyl (C=O) groups is 1. The summed E-state index contributed by atoms with van der Waals surface area (Å²) in [5.74, 6) is -0.280. The third-order valence-corrected chi connectivity index (χ3v) is 6.53. The summed E-state index contributed by atoms with van der Waals surface area (Å²) in [5.41, 5.74) is 2.52. The van der Waals surface area contributed by atoms with E-state index in [1.54, 1.807) is 39.8 Å². The molecular weight excluding hydrogens is 473 g/mol. The van der Waals surface area contributed by atoms with Crippen LogP contribution in [0.15, 0.2) is 65.5 Å². The molecule has 3 aromatic rings. The number of halogens is 3. The van der Waals surface area contributed by atoms with E-state index >= 15 is 0 Å². The fraction of sp³-hybridized carbons (Fsp3) is 0.269. The van der Waals surface area contributed by atoms with Crippen LogP contribution in [0.5, 0.6) is 5.75 Å². The highest BCUT2D eigenvalue weighted by Crippen LogP contribution is 2.36. The normalized spacial score (nSPS) is 18.7. The third-order valence-electron chi connectivity index (χ3n) is 6.53. The van der Waals surface area contributed by atoms with Crippen LogP contribution in [0, 0.1) is 17.2 Å². The number of fused-ring (bicyclic) bond motifs is 4. The molecule has 1 N–H and O–H groups in total. The SMILES string of the molecule is N#Cc1cccc(NC(=O)N2C[C@H]3C[C@H](C2)c2ccc(-c4ccc(OC(F)(F)F)cc4)c(=O)n2C3)c1. The average Bonchev–Trinajstić information content (AvgIpc) is 2.84. The van der Waals surface area contributed by atoms with E-state index in [-0.39, 0.29) is 29.2 Å². The van der Waals surface area contributed by atoms with Crippen LogP contribution in [-0.4, -0.2) is 34.9 Å². The number of carbonyl (C=O) groups excluding carboxylic acids is 1. The first-order chi connectivity index (χ1) is 17.2. The number of hydrogen-bond acceptors (Lipinski definition) is 4. The van der Waals surface area contributed by atoms with Gasteiger partial charge < -0.3 is 19.5 Å². The second kappa shape index (κ2) is 9.07. The van der Waals surface area contributed by atoms with Crippen molar-refractivity contribution in [1.29, 1.82) is 5.26 Å². The van der Waals surface area contributed by atoms with E-state index < -0.39 is 6.36 Å². The first kappa shape index (κ1) is 23.5. The van der Waals surface area contributed by atoms with Crippen LogP contribution >= 0.6 is 0 Å². The molecule has 2 aromatic carbocycles. The van der Waals surface area contributed by atoms with Crippen LogP contribution in [0.25, 0.3) is 11.1 Å². The molecule has 0 saturated carbocycles. The predicted octanol–water partition coefficient (Wildman–Crippen LogP) is 4.94. The minimum absolute atomic E-state index is 0.0157. The number of benzene rings is 2. The molecule has 2 aliphatic rings. The number of hydrogen-bond donors (Lipinski definition) is 1. The smallest absolute Gasteiger partial charge is 0.406 e. The molecule has 1 aromatic heterocycles. The summed E-state index contributed by atoms with van der Waals surface area (Å²) in [5, 5.41) is 11.9. The van der Waals surface area contributed by atoms with Crippen molar-refractivity contribution in [2.45, 2.75) is 25.2 Å². The van der Waals surface area contributed by atoms with E-state index in [4.69, 9.17) is 5.26 Å². The van der Waals surface area contributed by atoms with Crippen molar-refractivity contribution >= 4 is 11.7 Å². The van der Waals surface area contributed by atoms with Gasteiger partial charge in [-0.05, 0) is 60.4 Å². The van der Waals surface area contributed by atoms with Gasteiger partial charge in [0.1, 0.15) is 5.75 Å². The lowest BCUT2D eigenvalue weighted by Crippen LogP contribution is -2.50. The summed E-state index contributed by atoms with van der Waals surface area (Å²) in [6.45, 7) is 1.38. The molecule has 2 amide bonds. The van der Waals surface area contributed by atoms with Gasteiger partial charge in [-0.1, -0.05) is 18.2 Å². The number of alkyl halides is 3. The molecule has 0 spiro atoms. The van der Waals surface area contributed by atoms with E-state index in [0.717, 1.165) is 12.1 Å². The van der Waals surface area contributed by atoms with Crippen molar-refractivity contribution in [1.82, 2.24) is 9.47 Å². The summed E-state index contributed by atoms with van der Waals surface area (Å²) >= 11 is 0. The van der Waals surface area contributed by atoms with Gasteiger partial charge in [-0.3, -0.25) is 4.79 Å². The van der Waals surface area contributed by atoms with Gasteiger partial charge in [0.05, 0.1) is 11.6 Å². The van der Waals surface area contributed by atoms with Crippen molar-refractivity contribution in [3.8, 4) is 22.9 Å². The maximum atomic E-state index is 13.3. The van der Waals surface area contributed by atoms with Crippen molar-refractivity contribution in [3.05, 3.63) is 82.3 Å². The number of urea groups is 1. The quantitative estimate of drug-likeness (QED) is 0.559. The molecule has 7 nitrogen and oxygen atoms in total. The zero-order valence-electron chi connectivity index (χ0n) is 19.0. The summed E-state index contributed by atoms with van der Waals surface area (Å²) in [7, 11) is 0. The van der Waals surface area contributed by atoms with E-state index in [2.05, 4.69) is 10.1 Å². The molecule has 36 heavy (non-hydrogen) atoms. The van der Waals surface area contributed by atoms with E-state index in [0.29, 0.717) is 42.0 Å². The lowest BCUT2D eigenvalue weighted by Gasteiger charge is -2.42. The van der Waals surface area contributed by atoms with E-state index in [1.807, 2.05) is 12.1 Å². The lowest BCUT2D eigenvalue weighted by molar-refractivity contribution is -0.274. The number of aromatic nitrogens is 1. The number of likely N-dealkylation sites (tertiary alicyclic amines) is 1. The third kappa shape index (κ3) is 4.77. The van der Waals surface area contributed by atoms with Crippen LogP contribution in [0.4, 0.5) is 23.7 Å². The molecular formula is C26H21F3N4O3. The number of nitriles is 1. The average molecular weight is 494 g/mol. The molecule has 10 heteroatoms. The highest BCUT2D eigenvalue weighted by molar-refractivity contribution is 5.89. The van der Waals surface area contributed by atoms with Gasteiger partial charge >= 0.3 is 12.4 Å². The minimum atomic E-state index is -4.78. The molecule has 0 radical (unpaired) electrons. The summed E-state index contributed by atoms with van der Waals surface area (Å²) in [6, 6.07) is 17.3. The molecule has 2 atom stereocenters. The second-order valence-corrected chi connectivity index (χ2v) is 8.99. The summed E-state index contributed by atoms with van der Waals surface area (Å²) in [4.78, 5) is 28.0. The Bertz CT molecular complexity index is 1410. The Morgan fingerprint density at radius 3 is 2.56 bits per heavy atom. The van der Waals surface area contributed by atoms with Gasteiger partial charge in [-0.15, -0.1) is 13.2 Å². The lowest BCUT2D eigenvalue weighted by atomic mass is 9.83. The fourth-order valence-corrected chi connectivity index (χ4v) is 5.04. The van der Waals surface area contributed by atoms with Gasteiger partial charge in [0, 0.05) is 42.5 Å². The highest BCUT2D eigenvalue weighted by atomic mass is 19.4. The Morgan fingerprint density at radius 2 is 1.83 bits per heavy atom. The molecule has 3 heterocycles. The number of rotatable bonds is 3. The van der Waals surface area contributed by atoms with Crippen LogP contribution in [0.1, 0.15) is 23.6 Å². The number of piperidine rings is 1. The second-order valence-electron chi connectivity index (χ2n) is 8.99. The Labute approximate surface area is 204 Å². The molecule has 1 saturated heterocycles. The number of nitrogens with zero attached hydrogens (tertiary/aromatic N) is 3. The Balaban J connectivity index is 1.34. The molecule has 5 rings (SSSR count). The van der Waals surface area contributed by atoms with Crippen LogP contribution in [0.2, 0.25) is 0 Å². The van der Waals surface area contributed by atoms with Crippen molar-refractivity contribution in [3.63, 3.8) is 0 Å². The summed E-state index contributed by atoms with van der Waals surface area (Å²) < 4.78 is 42.9. The van der Waals surface area contributed by atoms with Gasteiger partial charge in [-0.2, -0.15) is 5.26 Å². The number of amides is 2. The van der Waals surface area contributed by atoms with Gasteiger partial charge in [0.15, 0.2) is 0 Å². The first-order valence-corrected chi connectivity index (χ1v) is 11.4. The number of pyridine rings is 1. The zero-order chi connectivity index (χ0) is 25.4. The number of nitrogens with one attached hydrogen (secondary N) is 1. The predicted molar refractivity (Wildman–Crippen MR) is 125 cm³/mol. The van der Waals surface area contributed by atoms with Crippen molar-refractivity contribution in [2.75, 3.05) is 18.4 Å². The van der Waals surface area contributed by atoms with Crippen LogP contribution < -0.4 is 15.6 Å². The standard InChI is InChI=1S/C26H21F3N4O3/c27-26(28,29)36-21-6-4-18(5-7-21)22-8-9-23-19-10-17(14-33(23)24(22)34)13-32(15-19)25(35)31-20-3-1-2-16(11-20)12-30/h1-9,11,17,19H,10,13-15H2,(H,31,35)/t17-,19-/m1/s1. The monoisotopic (exact) mass is 494 g/mol. The van der Waals surface area contributed by atoms with Gasteiger partial charge in [0.2, 0.25) is 0 Å². The Hall–Kier alpha value is -4.26. The molecule has 0 unspecified atom stereocenters. The topological polar surface area (TPSA) is 87.4 Å². The maximum absolute atomic E-state index is 13.3. The Kier molecular flexibility index (Phi) is 5.92. The zero-order valence-corrected chi connectivity index (χ0v) is 19.0. The largest absolute Gasteiger partial charge is 0.573 e. The Morgan fingerprint density at radius 1 is 1.06 bits per heavy atom. The van der Waals surface area contributed by atoms with Crippen molar-refractivity contribution < 1.29 is 22.7 Å². The van der Waals surface area contributed by atoms with Crippen molar-refractivity contribution in [2.24, 2.45) is 5.92 Å². The van der Waals surface area contributed by atoms with Gasteiger partial charge in [-0.25, -0.2) is 4.79 Å².